The van der Waals surface area contributed by atoms with E-state index in [2.05, 4.69) is 5.32 Å². The monoisotopic (exact) mass is 288 g/mol. The number of halogens is 1. The average molecular weight is 288 g/mol. The van der Waals surface area contributed by atoms with Crippen molar-refractivity contribution in [1.29, 1.82) is 0 Å². The van der Waals surface area contributed by atoms with Gasteiger partial charge in [-0.15, -0.1) is 0 Å². The molecule has 0 fully saturated rings. The number of carbonyl (C=O) groups excluding carboxylic acids is 1. The number of benzene rings is 2. The number of carboxylic acids is 1. The van der Waals surface area contributed by atoms with Gasteiger partial charge < -0.3 is 10.4 Å². The van der Waals surface area contributed by atoms with E-state index in [0.29, 0.717) is 11.4 Å². The fraction of sp³-hybridized carbons (Fsp3) is 0.0667. The van der Waals surface area contributed by atoms with Gasteiger partial charge in [-0.3, -0.25) is 9.69 Å². The zero-order chi connectivity index (χ0) is 15.2. The lowest BCUT2D eigenvalue weighted by Gasteiger charge is -2.21. The lowest BCUT2D eigenvalue weighted by molar-refractivity contribution is -0.135. The van der Waals surface area contributed by atoms with Crippen LogP contribution in [0.4, 0.5) is 20.6 Å². The Morgan fingerprint density at radius 1 is 1.05 bits per heavy atom. The van der Waals surface area contributed by atoms with Gasteiger partial charge in [0.05, 0.1) is 0 Å². The van der Waals surface area contributed by atoms with E-state index in [0.717, 1.165) is 4.90 Å². The van der Waals surface area contributed by atoms with Crippen LogP contribution in [0.2, 0.25) is 0 Å². The van der Waals surface area contributed by atoms with Crippen molar-refractivity contribution in [3.05, 3.63) is 60.4 Å². The number of nitrogens with zero attached hydrogens (tertiary/aromatic N) is 1. The van der Waals surface area contributed by atoms with Crippen molar-refractivity contribution in [1.82, 2.24) is 0 Å². The first-order valence-electron chi connectivity index (χ1n) is 6.17. The zero-order valence-corrected chi connectivity index (χ0v) is 11.0. The third-order valence-electron chi connectivity index (χ3n) is 2.70. The summed E-state index contributed by atoms with van der Waals surface area (Å²) in [4.78, 5) is 24.2. The molecule has 0 atom stereocenters. The molecule has 0 unspecified atom stereocenters. The first kappa shape index (κ1) is 14.5. The Bertz CT molecular complexity index is 629. The van der Waals surface area contributed by atoms with Gasteiger partial charge in [0.15, 0.2) is 0 Å². The number of aliphatic carboxylic acids is 1. The number of rotatable bonds is 4. The van der Waals surface area contributed by atoms with Gasteiger partial charge >= 0.3 is 12.0 Å². The average Bonchev–Trinajstić information content (AvgIpc) is 2.48. The van der Waals surface area contributed by atoms with Crippen molar-refractivity contribution in [2.75, 3.05) is 16.8 Å². The van der Waals surface area contributed by atoms with Crippen molar-refractivity contribution in [3.8, 4) is 0 Å². The van der Waals surface area contributed by atoms with E-state index < -0.39 is 24.4 Å². The first-order valence-corrected chi connectivity index (χ1v) is 6.17. The van der Waals surface area contributed by atoms with Crippen molar-refractivity contribution < 1.29 is 19.1 Å². The Morgan fingerprint density at radius 3 is 2.24 bits per heavy atom. The van der Waals surface area contributed by atoms with Crippen molar-refractivity contribution >= 4 is 23.4 Å². The van der Waals surface area contributed by atoms with Crippen LogP contribution < -0.4 is 10.2 Å². The van der Waals surface area contributed by atoms with E-state index in [1.54, 1.807) is 30.3 Å². The highest BCUT2D eigenvalue weighted by atomic mass is 19.1. The highest BCUT2D eigenvalue weighted by Crippen LogP contribution is 2.16. The van der Waals surface area contributed by atoms with Crippen LogP contribution in [0.5, 0.6) is 0 Å². The van der Waals surface area contributed by atoms with E-state index in [1.165, 1.54) is 24.3 Å². The van der Waals surface area contributed by atoms with Crippen molar-refractivity contribution in [2.24, 2.45) is 0 Å². The number of carbonyl (C=O) groups is 2. The van der Waals surface area contributed by atoms with Gasteiger partial charge in [0.2, 0.25) is 0 Å². The predicted octanol–water partition coefficient (Wildman–Crippen LogP) is 2.95. The summed E-state index contributed by atoms with van der Waals surface area (Å²) < 4.78 is 12.8. The molecule has 2 rings (SSSR count). The third kappa shape index (κ3) is 4.04. The van der Waals surface area contributed by atoms with Crippen LogP contribution in [0, 0.1) is 5.82 Å². The molecular weight excluding hydrogens is 275 g/mol. The Kier molecular flexibility index (Phi) is 4.50. The number of para-hydroxylation sites is 1. The summed E-state index contributed by atoms with van der Waals surface area (Å²) in [5.41, 5.74) is 0.840. The molecule has 6 heteroatoms. The fourth-order valence-corrected chi connectivity index (χ4v) is 1.75. The second-order valence-corrected chi connectivity index (χ2v) is 4.25. The minimum Gasteiger partial charge on any atom is -0.480 e. The minimum atomic E-state index is -1.13. The quantitative estimate of drug-likeness (QED) is 0.908. The molecule has 2 aromatic carbocycles. The molecule has 0 aliphatic heterocycles. The lowest BCUT2D eigenvalue weighted by Crippen LogP contribution is -2.38. The van der Waals surface area contributed by atoms with E-state index in [9.17, 15) is 14.0 Å². The summed E-state index contributed by atoms with van der Waals surface area (Å²) in [7, 11) is 0. The lowest BCUT2D eigenvalue weighted by atomic mass is 10.3. The molecule has 5 nitrogen and oxygen atoms in total. The largest absolute Gasteiger partial charge is 0.480 e. The van der Waals surface area contributed by atoms with E-state index in [1.807, 2.05) is 0 Å². The topological polar surface area (TPSA) is 69.6 Å². The molecule has 2 N–H and O–H groups in total. The number of hydrogen-bond donors (Lipinski definition) is 2. The number of anilines is 2. The molecule has 0 aliphatic rings. The normalized spacial score (nSPS) is 9.95. The Hall–Kier alpha value is -2.89. The molecule has 0 radical (unpaired) electrons. The van der Waals surface area contributed by atoms with Crippen LogP contribution >= 0.6 is 0 Å². The maximum absolute atomic E-state index is 12.8. The van der Waals surface area contributed by atoms with Crippen LogP contribution in [0.15, 0.2) is 54.6 Å². The van der Waals surface area contributed by atoms with Gasteiger partial charge in [0.25, 0.3) is 0 Å². The molecule has 0 saturated heterocycles. The van der Waals surface area contributed by atoms with Gasteiger partial charge in [-0.25, -0.2) is 9.18 Å². The third-order valence-corrected chi connectivity index (χ3v) is 2.70. The number of hydrogen-bond acceptors (Lipinski definition) is 2. The van der Waals surface area contributed by atoms with Gasteiger partial charge in [0.1, 0.15) is 12.4 Å². The van der Waals surface area contributed by atoms with Crippen LogP contribution in [0.1, 0.15) is 0 Å². The zero-order valence-electron chi connectivity index (χ0n) is 11.0. The SMILES string of the molecule is O=C(O)CN(C(=O)Nc1ccc(F)cc1)c1ccccc1. The molecule has 2 aromatic rings. The van der Waals surface area contributed by atoms with Gasteiger partial charge in [-0.2, -0.15) is 0 Å². The van der Waals surface area contributed by atoms with Gasteiger partial charge in [-0.05, 0) is 36.4 Å². The second-order valence-electron chi connectivity index (χ2n) is 4.25. The Morgan fingerprint density at radius 2 is 1.67 bits per heavy atom. The summed E-state index contributed by atoms with van der Waals surface area (Å²) >= 11 is 0. The highest BCUT2D eigenvalue weighted by Gasteiger charge is 2.18. The molecule has 0 bridgehead atoms. The van der Waals surface area contributed by atoms with Crippen molar-refractivity contribution in [2.45, 2.75) is 0 Å². The Balaban J connectivity index is 2.18. The van der Waals surface area contributed by atoms with Crippen LogP contribution in [0.25, 0.3) is 0 Å². The molecule has 2 amide bonds. The molecule has 0 heterocycles. The minimum absolute atomic E-state index is 0.382. The maximum Gasteiger partial charge on any atom is 0.326 e. The number of nitrogens with one attached hydrogen (secondary N) is 1. The molecule has 0 saturated carbocycles. The van der Waals surface area contributed by atoms with Crippen LogP contribution in [-0.4, -0.2) is 23.7 Å². The number of amides is 2. The smallest absolute Gasteiger partial charge is 0.326 e. The maximum atomic E-state index is 12.8. The number of urea groups is 1. The standard InChI is InChI=1S/C15H13FN2O3/c16-11-6-8-12(9-7-11)17-15(21)18(10-14(19)20)13-4-2-1-3-5-13/h1-9H,10H2,(H,17,21)(H,19,20). The molecule has 108 valence electrons. The summed E-state index contributed by atoms with van der Waals surface area (Å²) in [5.74, 6) is -1.55. The summed E-state index contributed by atoms with van der Waals surface area (Å²) in [6.07, 6.45) is 0. The van der Waals surface area contributed by atoms with E-state index in [-0.39, 0.29) is 0 Å². The van der Waals surface area contributed by atoms with Gasteiger partial charge in [-0.1, -0.05) is 18.2 Å². The van der Waals surface area contributed by atoms with E-state index in [4.69, 9.17) is 5.11 Å². The van der Waals surface area contributed by atoms with Crippen LogP contribution in [-0.2, 0) is 4.79 Å². The highest BCUT2D eigenvalue weighted by molar-refractivity contribution is 6.04. The molecule has 0 aromatic heterocycles. The fourth-order valence-electron chi connectivity index (χ4n) is 1.75. The molecular formula is C15H13FN2O3. The molecule has 0 spiro atoms. The second kappa shape index (κ2) is 6.51. The van der Waals surface area contributed by atoms with Crippen molar-refractivity contribution in [3.63, 3.8) is 0 Å². The molecule has 0 aliphatic carbocycles. The summed E-state index contributed by atoms with van der Waals surface area (Å²) in [5, 5.41) is 11.5. The van der Waals surface area contributed by atoms with Gasteiger partial charge in [0, 0.05) is 11.4 Å². The predicted molar refractivity (Wildman–Crippen MR) is 76.8 cm³/mol. The first-order chi connectivity index (χ1) is 10.1. The van der Waals surface area contributed by atoms with Crippen LogP contribution in [0.3, 0.4) is 0 Å². The summed E-state index contributed by atoms with van der Waals surface area (Å²) in [6.45, 7) is -0.475. The Labute approximate surface area is 120 Å². The number of carboxylic acid groups (broad SMARTS) is 1. The summed E-state index contributed by atoms with van der Waals surface area (Å²) in [6, 6.07) is 13.1. The van der Waals surface area contributed by atoms with E-state index >= 15 is 0 Å². The molecule has 21 heavy (non-hydrogen) atoms.